The minimum atomic E-state index is -0.682. The molecule has 5 heteroatoms. The second-order valence-corrected chi connectivity index (χ2v) is 8.34. The first kappa shape index (κ1) is 17.2. The van der Waals surface area contributed by atoms with Crippen molar-refractivity contribution < 1.29 is 4.74 Å². The van der Waals surface area contributed by atoms with Crippen LogP contribution in [-0.4, -0.2) is 24.8 Å². The summed E-state index contributed by atoms with van der Waals surface area (Å²) >= 11 is 0. The average molecular weight is 350 g/mol. The zero-order valence-corrected chi connectivity index (χ0v) is 15.9. The van der Waals surface area contributed by atoms with Crippen LogP contribution in [0, 0.1) is 23.8 Å². The Morgan fingerprint density at radius 3 is 2.46 bits per heavy atom. The van der Waals surface area contributed by atoms with E-state index in [9.17, 15) is 0 Å². The molecule has 136 valence electrons. The molecular formula is C21H26N4O. The van der Waals surface area contributed by atoms with Crippen LogP contribution in [-0.2, 0) is 16.8 Å². The van der Waals surface area contributed by atoms with Crippen LogP contribution in [0.1, 0.15) is 44.7 Å². The predicted octanol–water partition coefficient (Wildman–Crippen LogP) is 3.85. The second kappa shape index (κ2) is 5.65. The molecule has 2 N–H and O–H groups in total. The quantitative estimate of drug-likeness (QED) is 0.782. The fourth-order valence-electron chi connectivity index (χ4n) is 5.83. The Balaban J connectivity index is 1.91. The zero-order valence-electron chi connectivity index (χ0n) is 15.9. The lowest BCUT2D eigenvalue weighted by molar-refractivity contribution is -0.0729. The summed E-state index contributed by atoms with van der Waals surface area (Å²) in [5, 5.41) is 0. The largest absolute Gasteiger partial charge is 0.382 e. The number of amidine groups is 1. The molecule has 1 saturated carbocycles. The summed E-state index contributed by atoms with van der Waals surface area (Å²) in [7, 11) is 1.81. The van der Waals surface area contributed by atoms with Gasteiger partial charge in [0.15, 0.2) is 11.4 Å². The van der Waals surface area contributed by atoms with Gasteiger partial charge in [-0.3, -0.25) is 4.99 Å². The van der Waals surface area contributed by atoms with Gasteiger partial charge < -0.3 is 10.5 Å². The van der Waals surface area contributed by atoms with Gasteiger partial charge in [-0.05, 0) is 55.2 Å². The standard InChI is InChI=1S/C21H26N4O/c1-12-9-20(10-13(2)18(12)26-5)11-15-6-7-16(23-4)8-17(15)21(20)24-14(3)19(22)25-21/h6-8,12-13,18H,9-11H2,1-3,5H3,(H2,22,25)/t12-,13+,18?,20?,21-/m0/s1. The molecule has 2 aliphatic carbocycles. The summed E-state index contributed by atoms with van der Waals surface area (Å²) in [6, 6.07) is 5.98. The lowest BCUT2D eigenvalue weighted by Crippen LogP contribution is -2.49. The Hall–Kier alpha value is -2.19. The van der Waals surface area contributed by atoms with Gasteiger partial charge in [-0.15, -0.1) is 0 Å². The number of ether oxygens (including phenoxy) is 1. The van der Waals surface area contributed by atoms with Gasteiger partial charge in [-0.25, -0.2) is 9.84 Å². The fraction of sp³-hybridized carbons (Fsp3) is 0.571. The molecule has 2 unspecified atom stereocenters. The second-order valence-electron chi connectivity index (χ2n) is 8.34. The Bertz CT molecular complexity index is 833. The number of aliphatic imine (C=N–C) groups is 2. The SMILES string of the molecule is [C-]#[N+]c1ccc2c(c1)[C@@]1(N=C(C)C(N)=N1)C1(C2)C[C@@H](C)C(OC)[C@@H](C)C1. The van der Waals surface area contributed by atoms with Gasteiger partial charge >= 0.3 is 0 Å². The van der Waals surface area contributed by atoms with Gasteiger partial charge in [0.25, 0.3) is 0 Å². The minimum Gasteiger partial charge on any atom is -0.382 e. The monoisotopic (exact) mass is 350 g/mol. The van der Waals surface area contributed by atoms with E-state index in [1.54, 1.807) is 0 Å². The third kappa shape index (κ3) is 2.12. The molecule has 0 bridgehead atoms. The summed E-state index contributed by atoms with van der Waals surface area (Å²) in [5.41, 5.74) is 9.19. The van der Waals surface area contributed by atoms with Crippen LogP contribution in [0.25, 0.3) is 4.85 Å². The van der Waals surface area contributed by atoms with Crippen LogP contribution in [0.2, 0.25) is 0 Å². The van der Waals surface area contributed by atoms with E-state index in [2.05, 4.69) is 24.8 Å². The number of nitrogens with zero attached hydrogens (tertiary/aromatic N) is 3. The summed E-state index contributed by atoms with van der Waals surface area (Å²) in [6.07, 6.45) is 3.17. The molecule has 4 rings (SSSR count). The maximum Gasteiger partial charge on any atom is 0.187 e. The molecule has 1 aromatic rings. The predicted molar refractivity (Wildman–Crippen MR) is 104 cm³/mol. The van der Waals surface area contributed by atoms with Crippen molar-refractivity contribution in [3.05, 3.63) is 40.7 Å². The number of rotatable bonds is 1. The van der Waals surface area contributed by atoms with E-state index in [-0.39, 0.29) is 11.5 Å². The summed E-state index contributed by atoms with van der Waals surface area (Å²) in [6.45, 7) is 13.9. The molecule has 0 saturated heterocycles. The van der Waals surface area contributed by atoms with Gasteiger partial charge in [0, 0.05) is 12.5 Å². The van der Waals surface area contributed by atoms with E-state index in [4.69, 9.17) is 27.0 Å². The van der Waals surface area contributed by atoms with Gasteiger partial charge in [0.05, 0.1) is 18.4 Å². The molecule has 1 heterocycles. The van der Waals surface area contributed by atoms with Crippen molar-refractivity contribution in [2.24, 2.45) is 33.0 Å². The highest BCUT2D eigenvalue weighted by Gasteiger charge is 2.62. The number of benzene rings is 1. The molecule has 2 spiro atoms. The maximum absolute atomic E-state index is 7.41. The Kier molecular flexibility index (Phi) is 3.75. The van der Waals surface area contributed by atoms with Crippen LogP contribution < -0.4 is 5.73 Å². The van der Waals surface area contributed by atoms with E-state index in [0.29, 0.717) is 23.4 Å². The van der Waals surface area contributed by atoms with Crippen molar-refractivity contribution in [1.29, 1.82) is 0 Å². The molecule has 3 aliphatic rings. The van der Waals surface area contributed by atoms with Crippen LogP contribution in [0.3, 0.4) is 0 Å². The molecule has 5 nitrogen and oxygen atoms in total. The van der Waals surface area contributed by atoms with Crippen LogP contribution in [0.15, 0.2) is 28.2 Å². The molecule has 0 aromatic heterocycles. The highest BCUT2D eigenvalue weighted by molar-refractivity contribution is 6.41. The van der Waals surface area contributed by atoms with E-state index in [1.165, 1.54) is 5.56 Å². The first-order valence-electron chi connectivity index (χ1n) is 9.31. The summed E-state index contributed by atoms with van der Waals surface area (Å²) in [4.78, 5) is 13.7. The minimum absolute atomic E-state index is 0.105. The van der Waals surface area contributed by atoms with Gasteiger partial charge in [0.2, 0.25) is 0 Å². The Morgan fingerprint density at radius 1 is 1.23 bits per heavy atom. The highest BCUT2D eigenvalue weighted by atomic mass is 16.5. The third-order valence-electron chi connectivity index (χ3n) is 6.67. The first-order valence-corrected chi connectivity index (χ1v) is 9.31. The third-order valence-corrected chi connectivity index (χ3v) is 6.67. The van der Waals surface area contributed by atoms with Crippen molar-refractivity contribution in [2.45, 2.75) is 51.8 Å². The van der Waals surface area contributed by atoms with Crippen molar-refractivity contribution in [3.63, 3.8) is 0 Å². The summed E-state index contributed by atoms with van der Waals surface area (Å²) < 4.78 is 5.79. The first-order chi connectivity index (χ1) is 12.4. The maximum atomic E-state index is 7.41. The van der Waals surface area contributed by atoms with Crippen LogP contribution in [0.4, 0.5) is 5.69 Å². The smallest absolute Gasteiger partial charge is 0.187 e. The number of hydrogen-bond donors (Lipinski definition) is 1. The fourth-order valence-corrected chi connectivity index (χ4v) is 5.83. The average Bonchev–Trinajstić information content (AvgIpc) is 3.02. The molecule has 1 fully saturated rings. The number of hydrogen-bond acceptors (Lipinski definition) is 4. The Morgan fingerprint density at radius 2 is 1.92 bits per heavy atom. The number of fused-ring (bicyclic) bond motifs is 3. The van der Waals surface area contributed by atoms with E-state index < -0.39 is 5.66 Å². The van der Waals surface area contributed by atoms with Crippen molar-refractivity contribution in [3.8, 4) is 0 Å². The van der Waals surface area contributed by atoms with E-state index in [1.807, 2.05) is 26.2 Å². The molecule has 26 heavy (non-hydrogen) atoms. The van der Waals surface area contributed by atoms with Crippen LogP contribution in [0.5, 0.6) is 0 Å². The van der Waals surface area contributed by atoms with Gasteiger partial charge in [-0.2, -0.15) is 0 Å². The van der Waals surface area contributed by atoms with Crippen molar-refractivity contribution >= 4 is 17.2 Å². The van der Waals surface area contributed by atoms with Gasteiger partial charge in [0.1, 0.15) is 5.84 Å². The lowest BCUT2D eigenvalue weighted by atomic mass is 9.59. The van der Waals surface area contributed by atoms with Gasteiger partial charge in [-0.1, -0.05) is 26.0 Å². The normalized spacial score (nSPS) is 38.2. The van der Waals surface area contributed by atoms with Crippen LogP contribution >= 0.6 is 0 Å². The lowest BCUT2D eigenvalue weighted by Gasteiger charge is -2.50. The number of methoxy groups -OCH3 is 1. The Labute approximate surface area is 155 Å². The molecule has 0 amide bonds. The summed E-state index contributed by atoms with van der Waals surface area (Å²) in [5.74, 6) is 1.37. The molecule has 1 aromatic carbocycles. The molecule has 0 radical (unpaired) electrons. The van der Waals surface area contributed by atoms with Crippen molar-refractivity contribution in [1.82, 2.24) is 0 Å². The molecular weight excluding hydrogens is 324 g/mol. The topological polar surface area (TPSA) is 64.3 Å². The number of nitrogens with two attached hydrogens (primary N) is 1. The molecule has 1 aliphatic heterocycles. The zero-order chi connectivity index (χ0) is 18.7. The molecule has 5 atom stereocenters. The van der Waals surface area contributed by atoms with Crippen molar-refractivity contribution in [2.75, 3.05) is 7.11 Å². The highest BCUT2D eigenvalue weighted by Crippen LogP contribution is 2.63. The van der Waals surface area contributed by atoms with E-state index >= 15 is 0 Å². The van der Waals surface area contributed by atoms with E-state index in [0.717, 1.165) is 30.5 Å².